The van der Waals surface area contributed by atoms with Crippen molar-refractivity contribution in [2.75, 3.05) is 45.3 Å². The molecule has 21 heavy (non-hydrogen) atoms. The van der Waals surface area contributed by atoms with Crippen LogP contribution in [0.5, 0.6) is 5.75 Å². The molecule has 1 N–H and O–H groups in total. The Morgan fingerprint density at radius 2 is 2.19 bits per heavy atom. The minimum atomic E-state index is 0.631. The van der Waals surface area contributed by atoms with Crippen molar-refractivity contribution < 1.29 is 4.74 Å². The summed E-state index contributed by atoms with van der Waals surface area (Å²) in [6.45, 7) is 6.02. The van der Waals surface area contributed by atoms with Crippen LogP contribution in [0.4, 0.5) is 0 Å². The lowest BCUT2D eigenvalue weighted by molar-refractivity contribution is 0.281. The maximum Gasteiger partial charge on any atom is 0.193 e. The number of nitrogens with zero attached hydrogens (tertiary/aromatic N) is 2. The smallest absolute Gasteiger partial charge is 0.193 e. The Labute approximate surface area is 132 Å². The Bertz CT molecular complexity index is 423. The maximum atomic E-state index is 5.69. The molecule has 1 aromatic carbocycles. The first-order valence-corrected chi connectivity index (χ1v) is 8.21. The Kier molecular flexibility index (Phi) is 9.20. The van der Waals surface area contributed by atoms with Crippen molar-refractivity contribution in [1.82, 2.24) is 10.2 Å². The fourth-order valence-electron chi connectivity index (χ4n) is 1.71. The van der Waals surface area contributed by atoms with Gasteiger partial charge in [-0.15, -0.1) is 6.58 Å². The van der Waals surface area contributed by atoms with Gasteiger partial charge in [0.05, 0.1) is 6.54 Å². The van der Waals surface area contributed by atoms with Crippen LogP contribution in [0.1, 0.15) is 0 Å². The summed E-state index contributed by atoms with van der Waals surface area (Å²) in [6, 6.07) is 9.85. The molecule has 0 fully saturated rings. The number of ether oxygens (including phenoxy) is 1. The lowest BCUT2D eigenvalue weighted by Gasteiger charge is -2.22. The van der Waals surface area contributed by atoms with Gasteiger partial charge >= 0.3 is 0 Å². The highest BCUT2D eigenvalue weighted by atomic mass is 32.2. The van der Waals surface area contributed by atoms with E-state index in [0.29, 0.717) is 6.61 Å². The minimum absolute atomic E-state index is 0.631. The van der Waals surface area contributed by atoms with Crippen LogP contribution in [0.2, 0.25) is 0 Å². The number of likely N-dealkylation sites (N-methyl/N-ethyl adjacent to an activating group) is 1. The third-order valence-electron chi connectivity index (χ3n) is 2.78. The number of benzene rings is 1. The Morgan fingerprint density at radius 3 is 2.86 bits per heavy atom. The second-order valence-electron chi connectivity index (χ2n) is 4.42. The molecule has 0 aliphatic heterocycles. The lowest BCUT2D eigenvalue weighted by atomic mass is 10.3. The van der Waals surface area contributed by atoms with Crippen molar-refractivity contribution in [3.05, 3.63) is 43.0 Å². The summed E-state index contributed by atoms with van der Waals surface area (Å²) in [7, 11) is 3.81. The molecule has 4 nitrogen and oxygen atoms in total. The quantitative estimate of drug-likeness (QED) is 0.329. The number of para-hydroxylation sites is 1. The van der Waals surface area contributed by atoms with Crippen molar-refractivity contribution in [1.29, 1.82) is 0 Å². The van der Waals surface area contributed by atoms with Gasteiger partial charge in [0, 0.05) is 32.1 Å². The Hall–Kier alpha value is -1.62. The first kappa shape index (κ1) is 17.4. The summed E-state index contributed by atoms with van der Waals surface area (Å²) in [5, 5.41) is 3.34. The summed E-state index contributed by atoms with van der Waals surface area (Å²) in [6.07, 6.45) is 1.92. The molecule has 0 bridgehead atoms. The molecule has 0 radical (unpaired) electrons. The van der Waals surface area contributed by atoms with Crippen LogP contribution in [0.25, 0.3) is 0 Å². The van der Waals surface area contributed by atoms with Gasteiger partial charge in [-0.1, -0.05) is 24.3 Å². The fraction of sp³-hybridized carbons (Fsp3) is 0.438. The normalized spacial score (nSPS) is 11.0. The van der Waals surface area contributed by atoms with Gasteiger partial charge in [-0.2, -0.15) is 11.8 Å². The molecule has 0 amide bonds. The predicted octanol–water partition coefficient (Wildman–Crippen LogP) is 2.49. The van der Waals surface area contributed by atoms with E-state index in [4.69, 9.17) is 4.74 Å². The van der Waals surface area contributed by atoms with Gasteiger partial charge in [-0.3, -0.25) is 4.99 Å². The molecule has 0 unspecified atom stereocenters. The number of hydrogen-bond acceptors (Lipinski definition) is 3. The molecule has 0 aliphatic rings. The highest BCUT2D eigenvalue weighted by molar-refractivity contribution is 7.99. The summed E-state index contributed by atoms with van der Waals surface area (Å²) >= 11 is 1.85. The van der Waals surface area contributed by atoms with Crippen LogP contribution in [0.15, 0.2) is 48.0 Å². The van der Waals surface area contributed by atoms with Crippen LogP contribution < -0.4 is 10.1 Å². The molecule has 0 heterocycles. The molecular weight excluding hydrogens is 282 g/mol. The van der Waals surface area contributed by atoms with Gasteiger partial charge in [-0.25, -0.2) is 0 Å². The second kappa shape index (κ2) is 11.1. The number of rotatable bonds is 9. The van der Waals surface area contributed by atoms with Gasteiger partial charge < -0.3 is 15.0 Å². The molecule has 116 valence electrons. The van der Waals surface area contributed by atoms with E-state index in [1.54, 1.807) is 7.05 Å². The van der Waals surface area contributed by atoms with E-state index < -0.39 is 0 Å². The molecule has 0 spiro atoms. The Morgan fingerprint density at radius 1 is 1.43 bits per heavy atom. The van der Waals surface area contributed by atoms with E-state index in [-0.39, 0.29) is 0 Å². The third kappa shape index (κ3) is 7.66. The molecule has 0 aliphatic carbocycles. The molecule has 0 saturated carbocycles. The zero-order chi connectivity index (χ0) is 15.3. The molecule has 0 atom stereocenters. The molecule has 1 aromatic rings. The largest absolute Gasteiger partial charge is 0.492 e. The average molecular weight is 307 g/mol. The van der Waals surface area contributed by atoms with Gasteiger partial charge in [0.1, 0.15) is 12.4 Å². The zero-order valence-corrected chi connectivity index (χ0v) is 13.7. The van der Waals surface area contributed by atoms with E-state index in [1.807, 2.05) is 55.2 Å². The van der Waals surface area contributed by atoms with Crippen molar-refractivity contribution in [2.24, 2.45) is 4.99 Å². The molecule has 1 rings (SSSR count). The molecule has 0 saturated heterocycles. The standard InChI is InChI=1S/C16H25N3OS/c1-4-13-21-14-10-18-16(17-2)19(3)11-12-20-15-8-6-5-7-9-15/h4-9H,1,10-14H2,2-3H3,(H,17,18). The molecular formula is C16H25N3OS. The third-order valence-corrected chi connectivity index (χ3v) is 3.74. The lowest BCUT2D eigenvalue weighted by Crippen LogP contribution is -2.41. The number of aliphatic imine (C=N–C) groups is 1. The van der Waals surface area contributed by atoms with Gasteiger partial charge in [0.2, 0.25) is 0 Å². The minimum Gasteiger partial charge on any atom is -0.492 e. The van der Waals surface area contributed by atoms with E-state index in [2.05, 4.69) is 21.8 Å². The molecule has 5 heteroatoms. The van der Waals surface area contributed by atoms with E-state index in [0.717, 1.165) is 36.3 Å². The first-order valence-electron chi connectivity index (χ1n) is 7.06. The summed E-state index contributed by atoms with van der Waals surface area (Å²) in [5.41, 5.74) is 0. The number of guanidine groups is 1. The number of nitrogens with one attached hydrogen (secondary N) is 1. The van der Waals surface area contributed by atoms with Crippen molar-refractivity contribution in [2.45, 2.75) is 0 Å². The highest BCUT2D eigenvalue weighted by Crippen LogP contribution is 2.07. The summed E-state index contributed by atoms with van der Waals surface area (Å²) in [5.74, 6) is 3.82. The SMILES string of the molecule is C=CCSCCNC(=NC)N(C)CCOc1ccccc1. The maximum absolute atomic E-state index is 5.69. The van der Waals surface area contributed by atoms with Crippen LogP contribution in [0.3, 0.4) is 0 Å². The van der Waals surface area contributed by atoms with Crippen LogP contribution >= 0.6 is 11.8 Å². The average Bonchev–Trinajstić information content (AvgIpc) is 2.52. The Balaban J connectivity index is 2.21. The van der Waals surface area contributed by atoms with Crippen LogP contribution in [0, 0.1) is 0 Å². The van der Waals surface area contributed by atoms with E-state index in [9.17, 15) is 0 Å². The highest BCUT2D eigenvalue weighted by Gasteiger charge is 2.05. The summed E-state index contributed by atoms with van der Waals surface area (Å²) in [4.78, 5) is 6.35. The van der Waals surface area contributed by atoms with E-state index >= 15 is 0 Å². The van der Waals surface area contributed by atoms with Crippen molar-refractivity contribution >= 4 is 17.7 Å². The zero-order valence-electron chi connectivity index (χ0n) is 12.9. The van der Waals surface area contributed by atoms with Gasteiger partial charge in [0.15, 0.2) is 5.96 Å². The first-order chi connectivity index (χ1) is 10.3. The van der Waals surface area contributed by atoms with Crippen molar-refractivity contribution in [3.63, 3.8) is 0 Å². The van der Waals surface area contributed by atoms with Gasteiger partial charge in [-0.05, 0) is 12.1 Å². The van der Waals surface area contributed by atoms with Gasteiger partial charge in [0.25, 0.3) is 0 Å². The monoisotopic (exact) mass is 307 g/mol. The molecule has 0 aromatic heterocycles. The van der Waals surface area contributed by atoms with Crippen LogP contribution in [-0.2, 0) is 0 Å². The number of thioether (sulfide) groups is 1. The fourth-order valence-corrected chi connectivity index (χ4v) is 2.29. The summed E-state index contributed by atoms with van der Waals surface area (Å²) < 4.78 is 5.69. The van der Waals surface area contributed by atoms with E-state index in [1.165, 1.54) is 0 Å². The van der Waals surface area contributed by atoms with Crippen molar-refractivity contribution in [3.8, 4) is 5.75 Å². The van der Waals surface area contributed by atoms with Crippen LogP contribution in [-0.4, -0.2) is 56.2 Å². The number of hydrogen-bond donors (Lipinski definition) is 1. The predicted molar refractivity (Wildman–Crippen MR) is 93.5 cm³/mol. The second-order valence-corrected chi connectivity index (χ2v) is 5.57. The topological polar surface area (TPSA) is 36.9 Å².